The van der Waals surface area contributed by atoms with Gasteiger partial charge in [-0.15, -0.1) is 0 Å². The summed E-state index contributed by atoms with van der Waals surface area (Å²) in [5, 5.41) is 0. The van der Waals surface area contributed by atoms with Crippen LogP contribution >= 0.6 is 0 Å². The number of benzene rings is 1. The monoisotopic (exact) mass is 263 g/mol. The Balaban J connectivity index is 2.46. The molecule has 0 fully saturated rings. The molecule has 0 aromatic heterocycles. The van der Waals surface area contributed by atoms with Crippen LogP contribution in [-0.4, -0.2) is 12.5 Å². The molecule has 0 heterocycles. The van der Waals surface area contributed by atoms with Gasteiger partial charge in [0.05, 0.1) is 0 Å². The number of nitrogens with two attached hydrogens (primary N) is 1. The van der Waals surface area contributed by atoms with E-state index in [9.17, 15) is 4.79 Å². The number of hydrogen-bond donors (Lipinski definition) is 1. The first-order chi connectivity index (χ1) is 9.02. The molecule has 106 valence electrons. The van der Waals surface area contributed by atoms with E-state index in [1.165, 1.54) is 0 Å². The normalized spacial score (nSPS) is 14.2. The summed E-state index contributed by atoms with van der Waals surface area (Å²) in [5.41, 5.74) is 6.72. The van der Waals surface area contributed by atoms with E-state index in [0.717, 1.165) is 12.0 Å². The fourth-order valence-corrected chi connectivity index (χ4v) is 2.20. The predicted octanol–water partition coefficient (Wildman–Crippen LogP) is 3.30. The lowest BCUT2D eigenvalue weighted by atomic mass is 9.94. The maximum atomic E-state index is 11.9. The zero-order valence-electron chi connectivity index (χ0n) is 12.1. The van der Waals surface area contributed by atoms with Gasteiger partial charge in [-0.2, -0.15) is 0 Å². The van der Waals surface area contributed by atoms with Gasteiger partial charge in [0.15, 0.2) is 0 Å². The van der Waals surface area contributed by atoms with Gasteiger partial charge >= 0.3 is 5.97 Å². The van der Waals surface area contributed by atoms with E-state index in [4.69, 9.17) is 10.5 Å². The molecule has 2 N–H and O–H groups in total. The molecule has 0 spiro atoms. The summed E-state index contributed by atoms with van der Waals surface area (Å²) < 4.78 is 5.46. The Kier molecular flexibility index (Phi) is 6.57. The van der Waals surface area contributed by atoms with Gasteiger partial charge in [-0.1, -0.05) is 44.2 Å². The van der Waals surface area contributed by atoms with Crippen molar-refractivity contribution in [1.82, 2.24) is 0 Å². The summed E-state index contributed by atoms with van der Waals surface area (Å²) in [4.78, 5) is 11.9. The van der Waals surface area contributed by atoms with Gasteiger partial charge in [0.2, 0.25) is 0 Å². The van der Waals surface area contributed by atoms with Gasteiger partial charge in [0, 0.05) is 6.42 Å². The minimum absolute atomic E-state index is 0.160. The van der Waals surface area contributed by atoms with Crippen LogP contribution in [-0.2, 0) is 9.53 Å². The fraction of sp³-hybridized carbons (Fsp3) is 0.562. The molecule has 3 nitrogen and oxygen atoms in total. The van der Waals surface area contributed by atoms with Crippen LogP contribution in [0.4, 0.5) is 0 Å². The smallest absolute Gasteiger partial charge is 0.306 e. The molecule has 1 rings (SSSR count). The van der Waals surface area contributed by atoms with E-state index in [0.29, 0.717) is 18.9 Å². The lowest BCUT2D eigenvalue weighted by Crippen LogP contribution is -2.21. The topological polar surface area (TPSA) is 52.3 Å². The van der Waals surface area contributed by atoms with E-state index in [1.54, 1.807) is 0 Å². The highest BCUT2D eigenvalue weighted by Crippen LogP contribution is 2.20. The van der Waals surface area contributed by atoms with Crippen LogP contribution in [0.25, 0.3) is 0 Å². The summed E-state index contributed by atoms with van der Waals surface area (Å²) in [7, 11) is 0. The van der Waals surface area contributed by atoms with Crippen molar-refractivity contribution in [3.8, 4) is 0 Å². The third-order valence-electron chi connectivity index (χ3n) is 3.17. The number of carbonyl (C=O) groups excluding carboxylic acids is 1. The second-order valence-corrected chi connectivity index (χ2v) is 5.48. The third kappa shape index (κ3) is 5.88. The summed E-state index contributed by atoms with van der Waals surface area (Å²) in [6.07, 6.45) is 1.17. The molecule has 0 unspecified atom stereocenters. The molecule has 2 atom stereocenters. The van der Waals surface area contributed by atoms with E-state index in [2.05, 4.69) is 13.8 Å². The molecule has 1 aromatic carbocycles. The second kappa shape index (κ2) is 7.95. The van der Waals surface area contributed by atoms with Crippen LogP contribution in [0.2, 0.25) is 0 Å². The minimum atomic E-state index is -0.203. The molecule has 0 aliphatic carbocycles. The standard InChI is InChI=1S/C16H25NO2/c1-12(2)9-14(11-17)10-16(18)19-13(3)15-7-5-4-6-8-15/h4-8,12-14H,9-11,17H2,1-3H3/t13-,14+/m1/s1. The fourth-order valence-electron chi connectivity index (χ4n) is 2.20. The summed E-state index contributed by atoms with van der Waals surface area (Å²) >= 11 is 0. The van der Waals surface area contributed by atoms with Gasteiger partial charge in [0.25, 0.3) is 0 Å². The van der Waals surface area contributed by atoms with Crippen molar-refractivity contribution in [3.63, 3.8) is 0 Å². The van der Waals surface area contributed by atoms with Gasteiger partial charge < -0.3 is 10.5 Å². The quantitative estimate of drug-likeness (QED) is 0.768. The van der Waals surface area contributed by atoms with Crippen molar-refractivity contribution >= 4 is 5.97 Å². The predicted molar refractivity (Wildman–Crippen MR) is 77.6 cm³/mol. The second-order valence-electron chi connectivity index (χ2n) is 5.48. The number of esters is 1. The first-order valence-electron chi connectivity index (χ1n) is 6.97. The molecule has 0 aliphatic rings. The van der Waals surface area contributed by atoms with Crippen LogP contribution in [0.15, 0.2) is 30.3 Å². The summed E-state index contributed by atoms with van der Waals surface area (Å²) in [6, 6.07) is 9.77. The Hall–Kier alpha value is -1.35. The van der Waals surface area contributed by atoms with Crippen LogP contribution in [0.1, 0.15) is 45.3 Å². The van der Waals surface area contributed by atoms with Crippen molar-refractivity contribution in [2.45, 2.75) is 39.7 Å². The summed E-state index contributed by atoms with van der Waals surface area (Å²) in [6.45, 7) is 6.71. The van der Waals surface area contributed by atoms with E-state index < -0.39 is 0 Å². The number of carbonyl (C=O) groups is 1. The highest BCUT2D eigenvalue weighted by atomic mass is 16.5. The Morgan fingerprint density at radius 3 is 2.37 bits per heavy atom. The maximum Gasteiger partial charge on any atom is 0.306 e. The van der Waals surface area contributed by atoms with Crippen molar-refractivity contribution in [2.75, 3.05) is 6.54 Å². The van der Waals surface area contributed by atoms with Crippen LogP contribution < -0.4 is 5.73 Å². The molecule has 3 heteroatoms. The van der Waals surface area contributed by atoms with Crippen LogP contribution in [0.3, 0.4) is 0 Å². The zero-order chi connectivity index (χ0) is 14.3. The number of ether oxygens (including phenoxy) is 1. The Bertz CT molecular complexity index is 376. The molecule has 0 saturated carbocycles. The SMILES string of the molecule is CC(C)C[C@H](CN)CC(=O)O[C@H](C)c1ccccc1. The molecule has 19 heavy (non-hydrogen) atoms. The van der Waals surface area contributed by atoms with Gasteiger partial charge in [-0.3, -0.25) is 4.79 Å². The van der Waals surface area contributed by atoms with Crippen LogP contribution in [0.5, 0.6) is 0 Å². The first-order valence-corrected chi connectivity index (χ1v) is 6.97. The molecule has 0 aliphatic heterocycles. The lowest BCUT2D eigenvalue weighted by molar-refractivity contribution is -0.149. The van der Waals surface area contributed by atoms with Gasteiger partial charge in [0.1, 0.15) is 6.10 Å². The largest absolute Gasteiger partial charge is 0.458 e. The Morgan fingerprint density at radius 2 is 1.84 bits per heavy atom. The van der Waals surface area contributed by atoms with Crippen molar-refractivity contribution in [1.29, 1.82) is 0 Å². The zero-order valence-corrected chi connectivity index (χ0v) is 12.1. The maximum absolute atomic E-state index is 11.9. The van der Waals surface area contributed by atoms with Gasteiger partial charge in [-0.05, 0) is 37.3 Å². The average molecular weight is 263 g/mol. The molecule has 0 saturated heterocycles. The number of hydrogen-bond acceptors (Lipinski definition) is 3. The molecular weight excluding hydrogens is 238 g/mol. The molecule has 1 aromatic rings. The highest BCUT2D eigenvalue weighted by molar-refractivity contribution is 5.70. The Labute approximate surface area is 116 Å². The van der Waals surface area contributed by atoms with Crippen LogP contribution in [0, 0.1) is 11.8 Å². The van der Waals surface area contributed by atoms with Crippen molar-refractivity contribution < 1.29 is 9.53 Å². The first kappa shape index (κ1) is 15.7. The average Bonchev–Trinajstić information content (AvgIpc) is 2.38. The molecule has 0 radical (unpaired) electrons. The number of rotatable bonds is 7. The van der Waals surface area contributed by atoms with Crippen molar-refractivity contribution in [2.24, 2.45) is 17.6 Å². The Morgan fingerprint density at radius 1 is 1.21 bits per heavy atom. The van der Waals surface area contributed by atoms with Crippen molar-refractivity contribution in [3.05, 3.63) is 35.9 Å². The molecule has 0 bridgehead atoms. The lowest BCUT2D eigenvalue weighted by Gasteiger charge is -2.18. The molecule has 0 amide bonds. The van der Waals surface area contributed by atoms with E-state index in [-0.39, 0.29) is 18.0 Å². The van der Waals surface area contributed by atoms with Gasteiger partial charge in [-0.25, -0.2) is 0 Å². The third-order valence-corrected chi connectivity index (χ3v) is 3.17. The minimum Gasteiger partial charge on any atom is -0.458 e. The van der Waals surface area contributed by atoms with E-state index in [1.807, 2.05) is 37.3 Å². The molecular formula is C16H25NO2. The van der Waals surface area contributed by atoms with E-state index >= 15 is 0 Å². The summed E-state index contributed by atoms with van der Waals surface area (Å²) in [5.74, 6) is 0.607. The highest BCUT2D eigenvalue weighted by Gasteiger charge is 2.17.